The molecular formula is C16H30N2O2S2. The van der Waals surface area contributed by atoms with Gasteiger partial charge in [0, 0.05) is 36.9 Å². The van der Waals surface area contributed by atoms with Gasteiger partial charge in [-0.3, -0.25) is 9.59 Å². The second-order valence-corrected chi connectivity index (χ2v) is 8.35. The van der Waals surface area contributed by atoms with E-state index in [-0.39, 0.29) is 17.9 Å². The van der Waals surface area contributed by atoms with Crippen LogP contribution in [0.2, 0.25) is 0 Å². The molecule has 1 rings (SSSR count). The van der Waals surface area contributed by atoms with E-state index < -0.39 is 0 Å². The van der Waals surface area contributed by atoms with E-state index in [1.165, 1.54) is 0 Å². The molecule has 128 valence electrons. The Kier molecular flexibility index (Phi) is 10.8. The molecule has 1 aliphatic carbocycles. The van der Waals surface area contributed by atoms with Crippen molar-refractivity contribution in [2.45, 2.75) is 52.0 Å². The predicted molar refractivity (Wildman–Crippen MR) is 97.5 cm³/mol. The zero-order chi connectivity index (χ0) is 16.2. The molecule has 0 radical (unpaired) electrons. The normalized spacial score (nSPS) is 20.8. The lowest BCUT2D eigenvalue weighted by molar-refractivity contribution is -0.121. The molecule has 1 saturated carbocycles. The number of carbonyl (C=O) groups is 2. The molecule has 6 heteroatoms. The van der Waals surface area contributed by atoms with Crippen LogP contribution in [0.15, 0.2) is 0 Å². The van der Waals surface area contributed by atoms with Gasteiger partial charge in [-0.1, -0.05) is 20.3 Å². The van der Waals surface area contributed by atoms with E-state index in [0.717, 1.165) is 42.3 Å². The van der Waals surface area contributed by atoms with Crippen molar-refractivity contribution in [3.63, 3.8) is 0 Å². The minimum Gasteiger partial charge on any atom is -0.356 e. The topological polar surface area (TPSA) is 58.2 Å². The lowest BCUT2D eigenvalue weighted by atomic mass is 10.0. The fourth-order valence-electron chi connectivity index (χ4n) is 2.70. The molecule has 2 N–H and O–H groups in total. The van der Waals surface area contributed by atoms with Crippen molar-refractivity contribution in [3.8, 4) is 0 Å². The van der Waals surface area contributed by atoms with Gasteiger partial charge in [0.1, 0.15) is 0 Å². The molecule has 2 amide bonds. The van der Waals surface area contributed by atoms with E-state index in [0.29, 0.717) is 25.3 Å². The Morgan fingerprint density at radius 1 is 1.00 bits per heavy atom. The fraction of sp³-hybridized carbons (Fsp3) is 0.875. The van der Waals surface area contributed by atoms with Crippen LogP contribution in [0.4, 0.5) is 0 Å². The van der Waals surface area contributed by atoms with Gasteiger partial charge < -0.3 is 10.6 Å². The summed E-state index contributed by atoms with van der Waals surface area (Å²) in [5.41, 5.74) is 0. The summed E-state index contributed by atoms with van der Waals surface area (Å²) in [5, 5.41) is 6.19. The zero-order valence-electron chi connectivity index (χ0n) is 13.9. The summed E-state index contributed by atoms with van der Waals surface area (Å²) < 4.78 is 0. The first-order chi connectivity index (χ1) is 10.7. The van der Waals surface area contributed by atoms with Gasteiger partial charge in [0.05, 0.1) is 0 Å². The van der Waals surface area contributed by atoms with Crippen molar-refractivity contribution in [2.24, 2.45) is 5.92 Å². The zero-order valence-corrected chi connectivity index (χ0v) is 15.5. The van der Waals surface area contributed by atoms with Gasteiger partial charge >= 0.3 is 0 Å². The smallest absolute Gasteiger partial charge is 0.221 e. The van der Waals surface area contributed by atoms with Crippen molar-refractivity contribution in [2.75, 3.05) is 29.6 Å². The maximum absolute atomic E-state index is 11.9. The lowest BCUT2D eigenvalue weighted by Gasteiger charge is -2.21. The van der Waals surface area contributed by atoms with Gasteiger partial charge in [0.15, 0.2) is 0 Å². The van der Waals surface area contributed by atoms with Gasteiger partial charge in [0.2, 0.25) is 11.8 Å². The fourth-order valence-corrected chi connectivity index (χ4v) is 3.94. The maximum atomic E-state index is 11.9. The van der Waals surface area contributed by atoms with Crippen molar-refractivity contribution >= 4 is 35.3 Å². The number of amides is 2. The first-order valence-electron chi connectivity index (χ1n) is 8.38. The van der Waals surface area contributed by atoms with Gasteiger partial charge in [-0.05, 0) is 30.3 Å². The number of hydrogen-bond acceptors (Lipinski definition) is 4. The number of thioether (sulfide) groups is 2. The van der Waals surface area contributed by atoms with Gasteiger partial charge in [-0.2, -0.15) is 23.5 Å². The molecular weight excluding hydrogens is 316 g/mol. The van der Waals surface area contributed by atoms with E-state index in [4.69, 9.17) is 0 Å². The average Bonchev–Trinajstić information content (AvgIpc) is 2.93. The highest BCUT2D eigenvalue weighted by atomic mass is 32.2. The first-order valence-corrected chi connectivity index (χ1v) is 10.7. The third-order valence-corrected chi connectivity index (χ3v) is 5.72. The molecule has 2 unspecified atom stereocenters. The quantitative estimate of drug-likeness (QED) is 0.565. The van der Waals surface area contributed by atoms with Gasteiger partial charge in [0.25, 0.3) is 0 Å². The summed E-state index contributed by atoms with van der Waals surface area (Å²) in [6.45, 7) is 4.91. The first kappa shape index (κ1) is 19.7. The van der Waals surface area contributed by atoms with Crippen LogP contribution in [0.25, 0.3) is 0 Å². The van der Waals surface area contributed by atoms with Crippen molar-refractivity contribution in [1.29, 1.82) is 0 Å². The van der Waals surface area contributed by atoms with Crippen LogP contribution in [0, 0.1) is 5.92 Å². The number of rotatable bonds is 11. The molecule has 0 bridgehead atoms. The second kappa shape index (κ2) is 12.1. The minimum absolute atomic E-state index is 0.136. The predicted octanol–water partition coefficient (Wildman–Crippen LogP) is 2.67. The molecule has 4 nitrogen and oxygen atoms in total. The largest absolute Gasteiger partial charge is 0.356 e. The highest BCUT2D eigenvalue weighted by Gasteiger charge is 2.28. The molecule has 0 aromatic rings. The van der Waals surface area contributed by atoms with Crippen molar-refractivity contribution in [1.82, 2.24) is 10.6 Å². The van der Waals surface area contributed by atoms with Crippen LogP contribution >= 0.6 is 23.5 Å². The van der Waals surface area contributed by atoms with E-state index in [2.05, 4.69) is 24.5 Å². The Morgan fingerprint density at radius 2 is 1.64 bits per heavy atom. The molecule has 22 heavy (non-hydrogen) atoms. The maximum Gasteiger partial charge on any atom is 0.221 e. The third kappa shape index (κ3) is 8.32. The standard InChI is InChI=1S/C16H30N2O2S2/c1-3-21-10-8-15(19)17-12-13-6-5-7-14(13)18-16(20)9-11-22-4-2/h13-14H,3-12H2,1-2H3,(H,17,19)(H,18,20). The van der Waals surface area contributed by atoms with Gasteiger partial charge in [-0.15, -0.1) is 0 Å². The van der Waals surface area contributed by atoms with Crippen LogP contribution in [-0.4, -0.2) is 47.4 Å². The highest BCUT2D eigenvalue weighted by Crippen LogP contribution is 2.25. The summed E-state index contributed by atoms with van der Waals surface area (Å²) in [5.74, 6) is 4.59. The van der Waals surface area contributed by atoms with Crippen LogP contribution in [0.1, 0.15) is 46.0 Å². The summed E-state index contributed by atoms with van der Waals surface area (Å²) in [6, 6.07) is 0.240. The van der Waals surface area contributed by atoms with Crippen LogP contribution < -0.4 is 10.6 Å². The molecule has 1 fully saturated rings. The average molecular weight is 347 g/mol. The number of carbonyl (C=O) groups excluding carboxylic acids is 2. The molecule has 0 heterocycles. The van der Waals surface area contributed by atoms with Crippen molar-refractivity contribution < 1.29 is 9.59 Å². The Labute approximate surface area is 143 Å². The van der Waals surface area contributed by atoms with Gasteiger partial charge in [-0.25, -0.2) is 0 Å². The minimum atomic E-state index is 0.136. The molecule has 0 saturated heterocycles. The van der Waals surface area contributed by atoms with Crippen LogP contribution in [-0.2, 0) is 9.59 Å². The molecule has 0 aromatic carbocycles. The summed E-state index contributed by atoms with van der Waals surface area (Å²) >= 11 is 3.59. The molecule has 2 atom stereocenters. The third-order valence-electron chi connectivity index (χ3n) is 3.92. The molecule has 0 aliphatic heterocycles. The number of nitrogens with one attached hydrogen (secondary N) is 2. The van der Waals surface area contributed by atoms with E-state index in [1.807, 2.05) is 0 Å². The second-order valence-electron chi connectivity index (χ2n) is 5.56. The Bertz CT molecular complexity index is 340. The summed E-state index contributed by atoms with van der Waals surface area (Å²) in [6.07, 6.45) is 4.47. The van der Waals surface area contributed by atoms with E-state index >= 15 is 0 Å². The lowest BCUT2D eigenvalue weighted by Crippen LogP contribution is -2.42. The Balaban J connectivity index is 2.22. The van der Waals surface area contributed by atoms with Crippen molar-refractivity contribution in [3.05, 3.63) is 0 Å². The summed E-state index contributed by atoms with van der Waals surface area (Å²) in [4.78, 5) is 23.7. The molecule has 0 spiro atoms. The number of hydrogen-bond donors (Lipinski definition) is 2. The monoisotopic (exact) mass is 346 g/mol. The Hall–Kier alpha value is -0.360. The van der Waals surface area contributed by atoms with E-state index in [9.17, 15) is 9.59 Å². The van der Waals surface area contributed by atoms with Crippen LogP contribution in [0.5, 0.6) is 0 Å². The summed E-state index contributed by atoms with van der Waals surface area (Å²) in [7, 11) is 0. The van der Waals surface area contributed by atoms with Crippen LogP contribution in [0.3, 0.4) is 0 Å². The highest BCUT2D eigenvalue weighted by molar-refractivity contribution is 7.99. The van der Waals surface area contributed by atoms with E-state index in [1.54, 1.807) is 23.5 Å². The Morgan fingerprint density at radius 3 is 2.27 bits per heavy atom. The molecule has 1 aliphatic rings. The SMILES string of the molecule is CCSCCC(=O)NCC1CCCC1NC(=O)CCSCC. The molecule has 0 aromatic heterocycles.